The van der Waals surface area contributed by atoms with Crippen molar-refractivity contribution in [2.45, 2.75) is 44.8 Å². The summed E-state index contributed by atoms with van der Waals surface area (Å²) in [6, 6.07) is 5.60. The van der Waals surface area contributed by atoms with Crippen LogP contribution < -0.4 is 16.0 Å². The first-order chi connectivity index (χ1) is 11.2. The molecule has 0 unspecified atom stereocenters. The number of hydrogen-bond donors (Lipinski definition) is 3. The van der Waals surface area contributed by atoms with Gasteiger partial charge in [0.25, 0.3) is 5.91 Å². The third-order valence-corrected chi connectivity index (χ3v) is 4.83. The van der Waals surface area contributed by atoms with E-state index in [-0.39, 0.29) is 17.5 Å². The van der Waals surface area contributed by atoms with Gasteiger partial charge in [0.05, 0.1) is 5.56 Å². The highest BCUT2D eigenvalue weighted by molar-refractivity contribution is 9.10. The molecule has 24 heavy (non-hydrogen) atoms. The van der Waals surface area contributed by atoms with E-state index in [1.54, 1.807) is 4.90 Å². The molecule has 2 aliphatic rings. The van der Waals surface area contributed by atoms with Crippen molar-refractivity contribution in [2.24, 2.45) is 0 Å². The third-order valence-electron chi connectivity index (χ3n) is 4.34. The van der Waals surface area contributed by atoms with Crippen LogP contribution in [0.15, 0.2) is 22.7 Å². The highest BCUT2D eigenvalue weighted by Crippen LogP contribution is 2.32. The summed E-state index contributed by atoms with van der Waals surface area (Å²) in [5, 5.41) is 9.55. The summed E-state index contributed by atoms with van der Waals surface area (Å²) in [7, 11) is 0. The van der Waals surface area contributed by atoms with Crippen molar-refractivity contribution in [3.05, 3.63) is 28.2 Å². The van der Waals surface area contributed by atoms with Gasteiger partial charge in [0.15, 0.2) is 0 Å². The Kier molecular flexibility index (Phi) is 4.23. The molecule has 3 rings (SSSR count). The minimum atomic E-state index is -0.476. The molecule has 2 heterocycles. The highest BCUT2D eigenvalue weighted by atomic mass is 79.9. The molecule has 0 aliphatic carbocycles. The third kappa shape index (κ3) is 3.50. The molecule has 1 spiro atoms. The zero-order chi connectivity index (χ0) is 17.5. The van der Waals surface area contributed by atoms with Gasteiger partial charge in [0.2, 0.25) is 0 Å². The summed E-state index contributed by atoms with van der Waals surface area (Å²) in [6.07, 6.45) is 1.34. The van der Waals surface area contributed by atoms with E-state index in [0.717, 1.165) is 10.2 Å². The number of carbonyl (C=O) groups is 2. The van der Waals surface area contributed by atoms with Gasteiger partial charge in [-0.1, -0.05) is 15.9 Å². The summed E-state index contributed by atoms with van der Waals surface area (Å²) in [5.74, 6) is -0.0716. The first-order valence-corrected chi connectivity index (χ1v) is 8.94. The average molecular weight is 395 g/mol. The Morgan fingerprint density at radius 1 is 1.25 bits per heavy atom. The van der Waals surface area contributed by atoms with Gasteiger partial charge in [-0.2, -0.15) is 0 Å². The van der Waals surface area contributed by atoms with Gasteiger partial charge in [0, 0.05) is 41.6 Å². The molecule has 2 aliphatic heterocycles. The van der Waals surface area contributed by atoms with E-state index in [2.05, 4.69) is 31.9 Å². The maximum Gasteiger partial charge on any atom is 0.317 e. The van der Waals surface area contributed by atoms with Crippen LogP contribution in [0.3, 0.4) is 0 Å². The quantitative estimate of drug-likeness (QED) is 0.633. The van der Waals surface area contributed by atoms with Crippen LogP contribution >= 0.6 is 15.9 Å². The molecule has 0 radical (unpaired) electrons. The van der Waals surface area contributed by atoms with Gasteiger partial charge in [-0.05, 0) is 39.0 Å². The van der Waals surface area contributed by atoms with Gasteiger partial charge in [0.1, 0.15) is 5.66 Å². The van der Waals surface area contributed by atoms with Crippen LogP contribution in [-0.2, 0) is 0 Å². The molecule has 1 fully saturated rings. The zero-order valence-corrected chi connectivity index (χ0v) is 15.8. The Bertz CT molecular complexity index is 676. The SMILES string of the molecule is CC(C)(C)NC(=O)N1CCC2(CC1)NC(=O)c1cc(Br)ccc1N2. The average Bonchev–Trinajstić information content (AvgIpc) is 2.47. The number of carbonyl (C=O) groups excluding carboxylic acids is 2. The van der Waals surface area contributed by atoms with Gasteiger partial charge < -0.3 is 20.9 Å². The zero-order valence-electron chi connectivity index (χ0n) is 14.2. The lowest BCUT2D eigenvalue weighted by Crippen LogP contribution is -2.63. The number of amides is 3. The fourth-order valence-electron chi connectivity index (χ4n) is 3.13. The van der Waals surface area contributed by atoms with E-state index in [0.29, 0.717) is 31.5 Å². The number of fused-ring (bicyclic) bond motifs is 1. The van der Waals surface area contributed by atoms with E-state index >= 15 is 0 Å². The lowest BCUT2D eigenvalue weighted by atomic mass is 9.92. The van der Waals surface area contributed by atoms with Crippen molar-refractivity contribution in [2.75, 3.05) is 18.4 Å². The Balaban J connectivity index is 1.69. The molecule has 1 aromatic carbocycles. The molecule has 0 aromatic heterocycles. The summed E-state index contributed by atoms with van der Waals surface area (Å²) in [6.45, 7) is 7.10. The van der Waals surface area contributed by atoms with Crippen LogP contribution in [0.25, 0.3) is 0 Å². The fourth-order valence-corrected chi connectivity index (χ4v) is 3.49. The van der Waals surface area contributed by atoms with E-state index < -0.39 is 5.66 Å². The molecule has 130 valence electrons. The second-order valence-corrected chi connectivity index (χ2v) is 8.43. The topological polar surface area (TPSA) is 73.5 Å². The minimum absolute atomic E-state index is 0.0520. The summed E-state index contributed by atoms with van der Waals surface area (Å²) in [5.41, 5.74) is 0.754. The van der Waals surface area contributed by atoms with Crippen LogP contribution in [0.4, 0.5) is 10.5 Å². The van der Waals surface area contributed by atoms with Gasteiger partial charge in [-0.15, -0.1) is 0 Å². The number of nitrogens with one attached hydrogen (secondary N) is 3. The number of urea groups is 1. The number of likely N-dealkylation sites (tertiary alicyclic amines) is 1. The van der Waals surface area contributed by atoms with Crippen LogP contribution in [0.1, 0.15) is 44.0 Å². The highest BCUT2D eigenvalue weighted by Gasteiger charge is 2.41. The maximum atomic E-state index is 12.4. The molecule has 0 atom stereocenters. The molecule has 6 nitrogen and oxygen atoms in total. The summed E-state index contributed by atoms with van der Waals surface area (Å²) in [4.78, 5) is 26.5. The van der Waals surface area contributed by atoms with Crippen LogP contribution in [0.5, 0.6) is 0 Å². The Labute approximate surface area is 150 Å². The number of rotatable bonds is 0. The molecule has 1 aromatic rings. The van der Waals surface area contributed by atoms with Gasteiger partial charge in [-0.25, -0.2) is 4.79 Å². The predicted octanol–water partition coefficient (Wildman–Crippen LogP) is 2.90. The number of piperidine rings is 1. The second-order valence-electron chi connectivity index (χ2n) is 7.52. The minimum Gasteiger partial charge on any atom is -0.362 e. The van der Waals surface area contributed by atoms with E-state index in [4.69, 9.17) is 0 Å². The van der Waals surface area contributed by atoms with Crippen LogP contribution in [0.2, 0.25) is 0 Å². The standard InChI is InChI=1S/C17H23BrN4O2/c1-16(2,3)21-15(24)22-8-6-17(7-9-22)19-13-5-4-11(18)10-12(13)14(23)20-17/h4-5,10,19H,6-9H2,1-3H3,(H,20,23)(H,21,24). The maximum absolute atomic E-state index is 12.4. The largest absolute Gasteiger partial charge is 0.362 e. The molecular formula is C17H23BrN4O2. The molecule has 0 bridgehead atoms. The number of nitrogens with zero attached hydrogens (tertiary/aromatic N) is 1. The van der Waals surface area contributed by atoms with Crippen molar-refractivity contribution in [3.8, 4) is 0 Å². The number of hydrogen-bond acceptors (Lipinski definition) is 3. The molecule has 7 heteroatoms. The molecule has 1 saturated heterocycles. The smallest absolute Gasteiger partial charge is 0.317 e. The van der Waals surface area contributed by atoms with Crippen LogP contribution in [0, 0.1) is 0 Å². The van der Waals surface area contributed by atoms with Crippen molar-refractivity contribution in [1.29, 1.82) is 0 Å². The predicted molar refractivity (Wildman–Crippen MR) is 97.1 cm³/mol. The fraction of sp³-hybridized carbons (Fsp3) is 0.529. The van der Waals surface area contributed by atoms with Gasteiger partial charge in [-0.3, -0.25) is 4.79 Å². The van der Waals surface area contributed by atoms with Crippen molar-refractivity contribution in [1.82, 2.24) is 15.5 Å². The lowest BCUT2D eigenvalue weighted by Gasteiger charge is -2.46. The van der Waals surface area contributed by atoms with E-state index in [1.807, 2.05) is 39.0 Å². The van der Waals surface area contributed by atoms with E-state index in [1.165, 1.54) is 0 Å². The molecule has 3 N–H and O–H groups in total. The van der Waals surface area contributed by atoms with E-state index in [9.17, 15) is 9.59 Å². The van der Waals surface area contributed by atoms with Crippen molar-refractivity contribution >= 4 is 33.6 Å². The molecule has 3 amide bonds. The number of halogens is 1. The Hall–Kier alpha value is -1.76. The lowest BCUT2D eigenvalue weighted by molar-refractivity contribution is 0.0846. The monoisotopic (exact) mass is 394 g/mol. The first kappa shape index (κ1) is 17.1. The van der Waals surface area contributed by atoms with Crippen LogP contribution in [-0.4, -0.2) is 41.1 Å². The van der Waals surface area contributed by atoms with Crippen molar-refractivity contribution < 1.29 is 9.59 Å². The Morgan fingerprint density at radius 2 is 1.92 bits per heavy atom. The van der Waals surface area contributed by atoms with Gasteiger partial charge >= 0.3 is 6.03 Å². The molecular weight excluding hydrogens is 372 g/mol. The summed E-state index contributed by atoms with van der Waals surface area (Å²) < 4.78 is 0.878. The van der Waals surface area contributed by atoms with Crippen molar-refractivity contribution in [3.63, 3.8) is 0 Å². The summed E-state index contributed by atoms with van der Waals surface area (Å²) >= 11 is 3.39. The number of benzene rings is 1. The first-order valence-electron chi connectivity index (χ1n) is 8.15. The second kappa shape index (κ2) is 5.95. The number of anilines is 1. The molecule has 0 saturated carbocycles. The normalized spacial score (nSPS) is 19.3. The Morgan fingerprint density at radius 3 is 2.54 bits per heavy atom.